The summed E-state index contributed by atoms with van der Waals surface area (Å²) in [5.74, 6) is -0.501. The van der Waals surface area contributed by atoms with Gasteiger partial charge in [0.25, 0.3) is 0 Å². The Hall–Kier alpha value is -2.33. The van der Waals surface area contributed by atoms with Crippen molar-refractivity contribution in [1.29, 1.82) is 0 Å². The van der Waals surface area contributed by atoms with E-state index in [0.717, 1.165) is 4.31 Å². The number of carbonyl (C=O) groups is 2. The van der Waals surface area contributed by atoms with Crippen molar-refractivity contribution in [3.8, 4) is 5.75 Å². The number of carbonyl (C=O) groups excluding carboxylic acids is 2. The fourth-order valence-electron chi connectivity index (χ4n) is 3.08. The van der Waals surface area contributed by atoms with Crippen LogP contribution >= 0.6 is 0 Å². The molecule has 0 aromatic heterocycles. The number of methoxy groups -OCH3 is 1. The van der Waals surface area contributed by atoms with Gasteiger partial charge in [-0.2, -0.15) is 0 Å². The van der Waals surface area contributed by atoms with E-state index < -0.39 is 27.6 Å². The van der Waals surface area contributed by atoms with Gasteiger partial charge in [0.05, 0.1) is 13.0 Å². The fraction of sp³-hybridized carbons (Fsp3) is 0.600. The van der Waals surface area contributed by atoms with Crippen LogP contribution < -0.4 is 10.1 Å². The maximum atomic E-state index is 12.8. The van der Waals surface area contributed by atoms with Crippen molar-refractivity contribution in [2.24, 2.45) is 5.92 Å². The molecular weight excluding hydrogens is 410 g/mol. The number of likely N-dealkylation sites (tertiary alicyclic amines) is 1. The molecule has 1 aromatic carbocycles. The van der Waals surface area contributed by atoms with Gasteiger partial charge in [-0.1, -0.05) is 0 Å². The van der Waals surface area contributed by atoms with Crippen LogP contribution in [0.3, 0.4) is 0 Å². The molecule has 0 radical (unpaired) electrons. The van der Waals surface area contributed by atoms with Crippen molar-refractivity contribution in [2.75, 3.05) is 39.6 Å². The lowest BCUT2D eigenvalue weighted by Gasteiger charge is -2.33. The molecule has 30 heavy (non-hydrogen) atoms. The number of sulfonamides is 1. The molecule has 2 amide bonds. The highest BCUT2D eigenvalue weighted by molar-refractivity contribution is 7.89. The predicted octanol–water partition coefficient (Wildman–Crippen LogP) is 2.53. The molecule has 0 unspecified atom stereocenters. The summed E-state index contributed by atoms with van der Waals surface area (Å²) in [6, 6.07) is 4.46. The van der Waals surface area contributed by atoms with E-state index in [1.54, 1.807) is 26.8 Å². The van der Waals surface area contributed by atoms with Gasteiger partial charge in [0.1, 0.15) is 16.2 Å². The topological polar surface area (TPSA) is 105 Å². The summed E-state index contributed by atoms with van der Waals surface area (Å²) in [6.07, 6.45) is 0.869. The van der Waals surface area contributed by atoms with Gasteiger partial charge < -0.3 is 19.7 Å². The first-order valence-electron chi connectivity index (χ1n) is 9.74. The Balaban J connectivity index is 2.15. The summed E-state index contributed by atoms with van der Waals surface area (Å²) >= 11 is 0. The molecule has 1 atom stereocenters. The Kier molecular flexibility index (Phi) is 7.36. The zero-order valence-corrected chi connectivity index (χ0v) is 19.2. The van der Waals surface area contributed by atoms with Gasteiger partial charge in [-0.05, 0) is 51.8 Å². The highest BCUT2D eigenvalue weighted by Crippen LogP contribution is 2.29. The number of nitrogens with one attached hydrogen (secondary N) is 1. The van der Waals surface area contributed by atoms with E-state index in [1.807, 2.05) is 0 Å². The third-order valence-corrected chi connectivity index (χ3v) is 6.47. The average Bonchev–Trinajstić information content (AvgIpc) is 2.66. The maximum absolute atomic E-state index is 12.8. The number of nitrogens with zero attached hydrogens (tertiary/aromatic N) is 2. The number of piperidine rings is 1. The van der Waals surface area contributed by atoms with Crippen LogP contribution in [-0.4, -0.2) is 69.5 Å². The van der Waals surface area contributed by atoms with Crippen molar-refractivity contribution >= 4 is 27.7 Å². The molecular formula is C20H31N3O6S. The highest BCUT2D eigenvalue weighted by Gasteiger charge is 2.31. The van der Waals surface area contributed by atoms with Crippen molar-refractivity contribution in [3.63, 3.8) is 0 Å². The van der Waals surface area contributed by atoms with E-state index in [0.29, 0.717) is 25.1 Å². The van der Waals surface area contributed by atoms with Crippen LogP contribution in [0.4, 0.5) is 10.5 Å². The number of hydrogen-bond acceptors (Lipinski definition) is 6. The van der Waals surface area contributed by atoms with Crippen LogP contribution in [0.5, 0.6) is 5.75 Å². The summed E-state index contributed by atoms with van der Waals surface area (Å²) in [6.45, 7) is 6.17. The minimum Gasteiger partial charge on any atom is -0.495 e. The Morgan fingerprint density at radius 1 is 1.23 bits per heavy atom. The molecule has 9 nitrogen and oxygen atoms in total. The van der Waals surface area contributed by atoms with Gasteiger partial charge in [-0.25, -0.2) is 17.5 Å². The third kappa shape index (κ3) is 5.85. The van der Waals surface area contributed by atoms with E-state index in [9.17, 15) is 18.0 Å². The smallest absolute Gasteiger partial charge is 0.410 e. The lowest BCUT2D eigenvalue weighted by Crippen LogP contribution is -2.45. The maximum Gasteiger partial charge on any atom is 0.410 e. The predicted molar refractivity (Wildman–Crippen MR) is 113 cm³/mol. The Morgan fingerprint density at radius 3 is 2.47 bits per heavy atom. The molecule has 1 aromatic rings. The average molecular weight is 442 g/mol. The van der Waals surface area contributed by atoms with E-state index in [1.165, 1.54) is 38.2 Å². The molecule has 1 aliphatic heterocycles. The number of ether oxygens (including phenoxy) is 2. The van der Waals surface area contributed by atoms with Crippen molar-refractivity contribution in [2.45, 2.75) is 44.1 Å². The third-order valence-electron chi connectivity index (χ3n) is 4.63. The Bertz CT molecular complexity index is 892. The normalized spacial score (nSPS) is 17.6. The first-order valence-corrected chi connectivity index (χ1v) is 11.2. The van der Waals surface area contributed by atoms with Gasteiger partial charge in [0.15, 0.2) is 0 Å². The first-order chi connectivity index (χ1) is 13.8. The number of anilines is 1. The van der Waals surface area contributed by atoms with E-state index >= 15 is 0 Å². The van der Waals surface area contributed by atoms with Crippen LogP contribution in [0.2, 0.25) is 0 Å². The van der Waals surface area contributed by atoms with Gasteiger partial charge in [0, 0.05) is 32.9 Å². The van der Waals surface area contributed by atoms with E-state index in [-0.39, 0.29) is 23.1 Å². The van der Waals surface area contributed by atoms with Gasteiger partial charge in [0.2, 0.25) is 15.9 Å². The van der Waals surface area contributed by atoms with Crippen LogP contribution in [0.25, 0.3) is 0 Å². The molecule has 168 valence electrons. The van der Waals surface area contributed by atoms with E-state index in [2.05, 4.69) is 5.32 Å². The van der Waals surface area contributed by atoms with Crippen molar-refractivity contribution < 1.29 is 27.5 Å². The Morgan fingerprint density at radius 2 is 1.90 bits per heavy atom. The van der Waals surface area contributed by atoms with Crippen LogP contribution in [0, 0.1) is 5.92 Å². The molecule has 0 spiro atoms. The molecule has 1 aliphatic rings. The largest absolute Gasteiger partial charge is 0.495 e. The lowest BCUT2D eigenvalue weighted by molar-refractivity contribution is -0.121. The zero-order valence-electron chi connectivity index (χ0n) is 18.4. The minimum absolute atomic E-state index is 0.0353. The number of hydrogen-bond donors (Lipinski definition) is 1. The van der Waals surface area contributed by atoms with Gasteiger partial charge in [-0.3, -0.25) is 4.79 Å². The molecule has 1 N–H and O–H groups in total. The first kappa shape index (κ1) is 23.9. The minimum atomic E-state index is -3.75. The quantitative estimate of drug-likeness (QED) is 0.753. The highest BCUT2D eigenvalue weighted by atomic mass is 32.2. The number of benzene rings is 1. The molecule has 2 rings (SSSR count). The summed E-state index contributed by atoms with van der Waals surface area (Å²) < 4.78 is 36.8. The van der Waals surface area contributed by atoms with Gasteiger partial charge in [-0.15, -0.1) is 0 Å². The second kappa shape index (κ2) is 9.22. The SMILES string of the molecule is COc1ccc(NC(=O)[C@H]2CCCN(C(=O)OC(C)(C)C)C2)cc1S(=O)(=O)N(C)C. The molecule has 10 heteroatoms. The molecule has 0 bridgehead atoms. The summed E-state index contributed by atoms with van der Waals surface area (Å²) in [4.78, 5) is 26.6. The standard InChI is InChI=1S/C20H31N3O6S/c1-20(2,3)29-19(25)23-11-7-8-14(13-23)18(24)21-15-9-10-16(28-6)17(12-15)30(26,27)22(4)5/h9-10,12,14H,7-8,11,13H2,1-6H3,(H,21,24)/t14-/m0/s1. The van der Waals surface area contributed by atoms with Crippen LogP contribution in [-0.2, 0) is 19.6 Å². The van der Waals surface area contributed by atoms with Gasteiger partial charge >= 0.3 is 6.09 Å². The monoisotopic (exact) mass is 441 g/mol. The summed E-state index contributed by atoms with van der Waals surface area (Å²) in [5.41, 5.74) is -0.264. The Labute approximate surface area is 178 Å². The van der Waals surface area contributed by atoms with E-state index in [4.69, 9.17) is 9.47 Å². The van der Waals surface area contributed by atoms with Crippen molar-refractivity contribution in [3.05, 3.63) is 18.2 Å². The second-order valence-electron chi connectivity index (χ2n) is 8.41. The van der Waals surface area contributed by atoms with Crippen LogP contribution in [0.15, 0.2) is 23.1 Å². The number of amides is 2. The second-order valence-corrected chi connectivity index (χ2v) is 10.5. The molecule has 1 saturated heterocycles. The number of rotatable bonds is 5. The summed E-state index contributed by atoms with van der Waals surface area (Å²) in [7, 11) is 0.480. The molecule has 0 saturated carbocycles. The zero-order chi connectivity index (χ0) is 22.7. The molecule has 1 fully saturated rings. The molecule has 1 heterocycles. The van der Waals surface area contributed by atoms with Crippen LogP contribution in [0.1, 0.15) is 33.6 Å². The summed E-state index contributed by atoms with van der Waals surface area (Å²) in [5, 5.41) is 2.77. The fourth-order valence-corrected chi connectivity index (χ4v) is 4.16. The lowest BCUT2D eigenvalue weighted by atomic mass is 9.97. The van der Waals surface area contributed by atoms with Crippen molar-refractivity contribution in [1.82, 2.24) is 9.21 Å². The molecule has 0 aliphatic carbocycles.